The Morgan fingerprint density at radius 1 is 0.853 bits per heavy atom. The van der Waals surface area contributed by atoms with E-state index in [-0.39, 0.29) is 5.57 Å². The van der Waals surface area contributed by atoms with Crippen LogP contribution in [0.25, 0.3) is 6.08 Å². The molecule has 4 amide bonds. The largest absolute Gasteiger partial charge is 0.493 e. The highest BCUT2D eigenvalue weighted by atomic mass is 35.5. The summed E-state index contributed by atoms with van der Waals surface area (Å²) >= 11 is 13.4. The Kier molecular flexibility index (Phi) is 7.57. The number of carbonyl (C=O) groups excluding carboxylic acids is 3. The highest BCUT2D eigenvalue weighted by molar-refractivity contribution is 7.99. The minimum absolute atomic E-state index is 0.150. The van der Waals surface area contributed by atoms with Gasteiger partial charge in [-0.2, -0.15) is 0 Å². The molecule has 1 fully saturated rings. The summed E-state index contributed by atoms with van der Waals surface area (Å²) in [5.74, 6) is -0.0388. The van der Waals surface area contributed by atoms with E-state index in [0.717, 1.165) is 15.5 Å². The molecule has 0 aliphatic carbocycles. The molecule has 0 saturated carbocycles. The van der Waals surface area contributed by atoms with Crippen molar-refractivity contribution in [3.05, 3.63) is 94.0 Å². The third-order valence-electron chi connectivity index (χ3n) is 4.81. The Morgan fingerprint density at radius 3 is 2.12 bits per heavy atom. The number of benzene rings is 3. The second kappa shape index (κ2) is 10.8. The van der Waals surface area contributed by atoms with Crippen molar-refractivity contribution < 1.29 is 19.1 Å². The fourth-order valence-corrected chi connectivity index (χ4v) is 4.14. The van der Waals surface area contributed by atoms with Gasteiger partial charge in [0.1, 0.15) is 11.3 Å². The number of urea groups is 1. The lowest BCUT2D eigenvalue weighted by atomic mass is 10.1. The molecule has 3 aromatic rings. The molecule has 0 radical (unpaired) electrons. The summed E-state index contributed by atoms with van der Waals surface area (Å²) in [6, 6.07) is 20.0. The molecule has 6 nitrogen and oxygen atoms in total. The quantitative estimate of drug-likeness (QED) is 0.186. The van der Waals surface area contributed by atoms with Gasteiger partial charge >= 0.3 is 6.03 Å². The third-order valence-corrected chi connectivity index (χ3v) is 6.29. The normalized spacial score (nSPS) is 14.9. The van der Waals surface area contributed by atoms with Gasteiger partial charge in [-0.25, -0.2) is 9.69 Å². The molecular weight excluding hydrogens is 495 g/mol. The van der Waals surface area contributed by atoms with Crippen molar-refractivity contribution in [2.24, 2.45) is 0 Å². The lowest BCUT2D eigenvalue weighted by Gasteiger charge is -2.26. The van der Waals surface area contributed by atoms with Gasteiger partial charge in [0.25, 0.3) is 11.8 Å². The fourth-order valence-electron chi connectivity index (χ4n) is 3.16. The number of hydrogen-bond acceptors (Lipinski definition) is 5. The maximum Gasteiger partial charge on any atom is 0.335 e. The first kappa shape index (κ1) is 23.9. The molecule has 0 spiro atoms. The average molecular weight is 513 g/mol. The topological polar surface area (TPSA) is 75.7 Å². The van der Waals surface area contributed by atoms with Crippen LogP contribution in [-0.4, -0.2) is 30.2 Å². The summed E-state index contributed by atoms with van der Waals surface area (Å²) in [4.78, 5) is 39.5. The second-order valence-electron chi connectivity index (χ2n) is 7.15. The minimum Gasteiger partial charge on any atom is -0.493 e. The molecule has 1 N–H and O–H groups in total. The summed E-state index contributed by atoms with van der Waals surface area (Å²) < 4.78 is 5.76. The summed E-state index contributed by atoms with van der Waals surface area (Å²) in [7, 11) is 0. The molecular formula is C25H18Cl2N2O4S. The van der Waals surface area contributed by atoms with Crippen LogP contribution in [0.2, 0.25) is 10.0 Å². The van der Waals surface area contributed by atoms with Crippen molar-refractivity contribution in [3.63, 3.8) is 0 Å². The molecule has 4 rings (SSSR count). The molecule has 0 bridgehead atoms. The number of nitrogens with one attached hydrogen (secondary N) is 1. The van der Waals surface area contributed by atoms with Crippen molar-refractivity contribution in [3.8, 4) is 5.75 Å². The summed E-state index contributed by atoms with van der Waals surface area (Å²) in [6.45, 7) is 0.507. The number of anilines is 1. The Morgan fingerprint density at radius 2 is 1.47 bits per heavy atom. The summed E-state index contributed by atoms with van der Waals surface area (Å²) in [5, 5.41) is 3.36. The number of carbonyl (C=O) groups is 3. The second-order valence-corrected chi connectivity index (χ2v) is 9.20. The van der Waals surface area contributed by atoms with Crippen LogP contribution < -0.4 is 15.0 Å². The highest BCUT2D eigenvalue weighted by Crippen LogP contribution is 2.24. The smallest absolute Gasteiger partial charge is 0.335 e. The first-order valence-corrected chi connectivity index (χ1v) is 11.9. The zero-order chi connectivity index (χ0) is 24.1. The lowest BCUT2D eigenvalue weighted by Crippen LogP contribution is -2.54. The van der Waals surface area contributed by atoms with Crippen LogP contribution in [0.4, 0.5) is 10.5 Å². The van der Waals surface area contributed by atoms with Gasteiger partial charge in [0, 0.05) is 20.7 Å². The third kappa shape index (κ3) is 5.80. The van der Waals surface area contributed by atoms with Gasteiger partial charge in [-0.05, 0) is 72.3 Å². The van der Waals surface area contributed by atoms with Crippen molar-refractivity contribution in [2.45, 2.75) is 4.90 Å². The van der Waals surface area contributed by atoms with Gasteiger partial charge in [-0.1, -0.05) is 35.3 Å². The van der Waals surface area contributed by atoms with Crippen molar-refractivity contribution in [2.75, 3.05) is 17.3 Å². The maximum atomic E-state index is 12.9. The van der Waals surface area contributed by atoms with Gasteiger partial charge in [0.15, 0.2) is 0 Å². The molecule has 0 unspecified atom stereocenters. The number of amides is 4. The van der Waals surface area contributed by atoms with Crippen LogP contribution in [0, 0.1) is 0 Å². The van der Waals surface area contributed by atoms with Crippen LogP contribution in [0.5, 0.6) is 5.75 Å². The van der Waals surface area contributed by atoms with Gasteiger partial charge in [-0.3, -0.25) is 14.9 Å². The zero-order valence-electron chi connectivity index (χ0n) is 17.7. The van der Waals surface area contributed by atoms with E-state index in [9.17, 15) is 14.4 Å². The maximum absolute atomic E-state index is 12.9. The van der Waals surface area contributed by atoms with E-state index in [4.69, 9.17) is 27.9 Å². The molecule has 1 heterocycles. The van der Waals surface area contributed by atoms with Crippen LogP contribution in [0.15, 0.2) is 83.3 Å². The molecule has 34 heavy (non-hydrogen) atoms. The number of thioether (sulfide) groups is 1. The molecule has 1 aliphatic rings. The summed E-state index contributed by atoms with van der Waals surface area (Å²) in [5.41, 5.74) is 0.778. The van der Waals surface area contributed by atoms with E-state index in [1.165, 1.54) is 18.2 Å². The van der Waals surface area contributed by atoms with E-state index in [2.05, 4.69) is 5.32 Å². The molecule has 1 aliphatic heterocycles. The Balaban J connectivity index is 1.39. The average Bonchev–Trinajstić information content (AvgIpc) is 2.82. The van der Waals surface area contributed by atoms with E-state index >= 15 is 0 Å². The monoisotopic (exact) mass is 512 g/mol. The fraction of sp³-hybridized carbons (Fsp3) is 0.0800. The highest BCUT2D eigenvalue weighted by Gasteiger charge is 2.36. The predicted molar refractivity (Wildman–Crippen MR) is 135 cm³/mol. The Hall–Kier alpha value is -3.26. The zero-order valence-corrected chi connectivity index (χ0v) is 20.0. The van der Waals surface area contributed by atoms with Gasteiger partial charge in [-0.15, -0.1) is 11.8 Å². The van der Waals surface area contributed by atoms with Crippen LogP contribution >= 0.6 is 35.0 Å². The number of rotatable bonds is 7. The standard InChI is InChI=1S/C25H18Cl2N2O4S/c26-17-3-7-19(8-4-17)29-24(31)22(23(30)28-25(29)32)15-16-1-9-20(10-2-16)33-13-14-34-21-11-5-18(27)6-12-21/h1-12,15H,13-14H2,(H,28,30,32)/b22-15-. The minimum atomic E-state index is -0.810. The first-order chi connectivity index (χ1) is 16.4. The number of imide groups is 2. The van der Waals surface area contributed by atoms with Crippen molar-refractivity contribution in [1.82, 2.24) is 5.32 Å². The molecule has 172 valence electrons. The number of halogens is 2. The van der Waals surface area contributed by atoms with E-state index in [1.807, 2.05) is 24.3 Å². The van der Waals surface area contributed by atoms with E-state index in [0.29, 0.717) is 33.7 Å². The van der Waals surface area contributed by atoms with Gasteiger partial charge in [0.05, 0.1) is 12.3 Å². The first-order valence-electron chi connectivity index (χ1n) is 10.2. The van der Waals surface area contributed by atoms with Crippen molar-refractivity contribution in [1.29, 1.82) is 0 Å². The molecule has 3 aromatic carbocycles. The SMILES string of the molecule is O=C1NC(=O)N(c2ccc(Cl)cc2)C(=O)/C1=C\c1ccc(OCCSc2ccc(Cl)cc2)cc1. The van der Waals surface area contributed by atoms with Crippen LogP contribution in [0.1, 0.15) is 5.56 Å². The van der Waals surface area contributed by atoms with E-state index in [1.54, 1.807) is 48.2 Å². The molecule has 0 atom stereocenters. The Labute approximate surface area is 210 Å². The van der Waals surface area contributed by atoms with Gasteiger partial charge < -0.3 is 4.74 Å². The van der Waals surface area contributed by atoms with Gasteiger partial charge in [0.2, 0.25) is 0 Å². The lowest BCUT2D eigenvalue weighted by molar-refractivity contribution is -0.122. The Bertz CT molecular complexity index is 1240. The van der Waals surface area contributed by atoms with E-state index < -0.39 is 17.8 Å². The van der Waals surface area contributed by atoms with Crippen LogP contribution in [0.3, 0.4) is 0 Å². The number of ether oxygens (including phenoxy) is 1. The van der Waals surface area contributed by atoms with Crippen LogP contribution in [-0.2, 0) is 9.59 Å². The molecule has 0 aromatic heterocycles. The molecule has 9 heteroatoms. The predicted octanol–water partition coefficient (Wildman–Crippen LogP) is 5.83. The number of hydrogen-bond donors (Lipinski definition) is 1. The number of barbiturate groups is 1. The summed E-state index contributed by atoms with van der Waals surface area (Å²) in [6.07, 6.45) is 1.44. The number of nitrogens with zero attached hydrogens (tertiary/aromatic N) is 1. The molecule has 1 saturated heterocycles. The van der Waals surface area contributed by atoms with Crippen molar-refractivity contribution >= 4 is 64.6 Å².